The van der Waals surface area contributed by atoms with E-state index in [4.69, 9.17) is 0 Å². The molecule has 0 saturated carbocycles. The van der Waals surface area contributed by atoms with Crippen LogP contribution < -0.4 is 0 Å². The maximum Gasteiger partial charge on any atom is 0.311 e. The number of carbonyl (C=O) groups is 1. The Morgan fingerprint density at radius 1 is 1.25 bits per heavy atom. The van der Waals surface area contributed by atoms with Crippen molar-refractivity contribution in [1.82, 2.24) is 0 Å². The molecule has 0 amide bonds. The van der Waals surface area contributed by atoms with Gasteiger partial charge in [-0.15, -0.1) is 0 Å². The number of hydrogen-bond donors (Lipinski definition) is 1. The molecule has 2 aromatic carbocycles. The van der Waals surface area contributed by atoms with Crippen LogP contribution in [0.2, 0.25) is 0 Å². The molecule has 104 valence electrons. The molecule has 0 aliphatic heterocycles. The normalized spacial score (nSPS) is 12.2. The average molecular weight is 337 g/mol. The Hall–Kier alpha value is -1.68. The van der Waals surface area contributed by atoms with Crippen molar-refractivity contribution in [3.8, 4) is 0 Å². The van der Waals surface area contributed by atoms with Crippen LogP contribution in [-0.2, 0) is 11.2 Å². The first-order valence-corrected chi connectivity index (χ1v) is 7.00. The molecule has 0 heterocycles. The van der Waals surface area contributed by atoms with Gasteiger partial charge in [0, 0.05) is 4.47 Å². The van der Waals surface area contributed by atoms with Gasteiger partial charge in [-0.1, -0.05) is 34.1 Å². The minimum absolute atomic E-state index is 0.278. The van der Waals surface area contributed by atoms with Crippen LogP contribution in [0.4, 0.5) is 4.39 Å². The Labute approximate surface area is 125 Å². The van der Waals surface area contributed by atoms with Crippen LogP contribution in [0.5, 0.6) is 0 Å². The number of aryl methyl sites for hydroxylation is 1. The van der Waals surface area contributed by atoms with Gasteiger partial charge in [0.15, 0.2) is 0 Å². The fraction of sp³-hybridized carbons (Fsp3) is 0.188. The lowest BCUT2D eigenvalue weighted by atomic mass is 9.90. The number of carboxylic acid groups (broad SMARTS) is 1. The highest BCUT2D eigenvalue weighted by Crippen LogP contribution is 2.25. The Bertz CT molecular complexity index is 623. The van der Waals surface area contributed by atoms with Gasteiger partial charge in [0.1, 0.15) is 5.82 Å². The van der Waals surface area contributed by atoms with Crippen molar-refractivity contribution in [1.29, 1.82) is 0 Å². The van der Waals surface area contributed by atoms with Gasteiger partial charge in [0.05, 0.1) is 5.92 Å². The van der Waals surface area contributed by atoms with E-state index >= 15 is 0 Å². The van der Waals surface area contributed by atoms with Crippen molar-refractivity contribution in [2.75, 3.05) is 0 Å². The van der Waals surface area contributed by atoms with Crippen LogP contribution in [-0.4, -0.2) is 11.1 Å². The van der Waals surface area contributed by atoms with E-state index in [9.17, 15) is 14.3 Å². The lowest BCUT2D eigenvalue weighted by molar-refractivity contribution is -0.138. The number of halogens is 2. The van der Waals surface area contributed by atoms with Crippen molar-refractivity contribution in [2.24, 2.45) is 0 Å². The molecular weight excluding hydrogens is 323 g/mol. The van der Waals surface area contributed by atoms with Crippen LogP contribution in [0.15, 0.2) is 46.9 Å². The van der Waals surface area contributed by atoms with Crippen LogP contribution in [0.1, 0.15) is 22.6 Å². The number of hydrogen-bond acceptors (Lipinski definition) is 1. The Morgan fingerprint density at radius 2 is 1.90 bits per heavy atom. The van der Waals surface area contributed by atoms with Gasteiger partial charge in [-0.05, 0) is 54.3 Å². The smallest absolute Gasteiger partial charge is 0.311 e. The quantitative estimate of drug-likeness (QED) is 0.903. The van der Waals surface area contributed by atoms with Crippen LogP contribution in [0.3, 0.4) is 0 Å². The molecule has 1 unspecified atom stereocenters. The Kier molecular flexibility index (Phi) is 4.55. The molecule has 0 aliphatic rings. The van der Waals surface area contributed by atoms with Gasteiger partial charge in [-0.3, -0.25) is 4.79 Å². The molecule has 0 fully saturated rings. The van der Waals surface area contributed by atoms with Gasteiger partial charge in [-0.2, -0.15) is 0 Å². The first kappa shape index (κ1) is 14.7. The van der Waals surface area contributed by atoms with Crippen molar-refractivity contribution in [3.63, 3.8) is 0 Å². The zero-order valence-corrected chi connectivity index (χ0v) is 12.5. The van der Waals surface area contributed by atoms with Crippen molar-refractivity contribution >= 4 is 21.9 Å². The Morgan fingerprint density at radius 3 is 2.50 bits per heavy atom. The third-order valence-electron chi connectivity index (χ3n) is 3.31. The van der Waals surface area contributed by atoms with Gasteiger partial charge >= 0.3 is 5.97 Å². The maximum absolute atomic E-state index is 13.3. The summed E-state index contributed by atoms with van der Waals surface area (Å²) >= 11 is 3.32. The molecule has 0 spiro atoms. The van der Waals surface area contributed by atoms with E-state index in [0.29, 0.717) is 5.56 Å². The van der Waals surface area contributed by atoms with E-state index in [0.717, 1.165) is 15.6 Å². The molecule has 2 nitrogen and oxygen atoms in total. The monoisotopic (exact) mass is 336 g/mol. The first-order valence-electron chi connectivity index (χ1n) is 6.20. The molecule has 1 N–H and O–H groups in total. The van der Waals surface area contributed by atoms with E-state index < -0.39 is 11.9 Å². The fourth-order valence-corrected chi connectivity index (χ4v) is 2.39. The number of benzene rings is 2. The molecule has 4 heteroatoms. The lowest BCUT2D eigenvalue weighted by Gasteiger charge is -2.14. The summed E-state index contributed by atoms with van der Waals surface area (Å²) in [5, 5.41) is 9.41. The molecule has 2 aromatic rings. The molecule has 20 heavy (non-hydrogen) atoms. The molecule has 0 aromatic heterocycles. The van der Waals surface area contributed by atoms with Gasteiger partial charge in [0.25, 0.3) is 0 Å². The standard InChI is InChI=1S/C16H14BrFO2/c1-10-2-7-14(18)8-12(10)9-15(16(19)20)11-3-5-13(17)6-4-11/h2-8,15H,9H2,1H3,(H,19,20). The average Bonchev–Trinajstić information content (AvgIpc) is 2.40. The second-order valence-corrected chi connectivity index (χ2v) is 5.63. The van der Waals surface area contributed by atoms with E-state index in [-0.39, 0.29) is 12.2 Å². The summed E-state index contributed by atoms with van der Waals surface area (Å²) in [7, 11) is 0. The molecule has 0 radical (unpaired) electrons. The fourth-order valence-electron chi connectivity index (χ4n) is 2.12. The highest BCUT2D eigenvalue weighted by molar-refractivity contribution is 9.10. The summed E-state index contributed by atoms with van der Waals surface area (Å²) < 4.78 is 14.2. The molecule has 2 rings (SSSR count). The largest absolute Gasteiger partial charge is 0.481 e. The summed E-state index contributed by atoms with van der Waals surface area (Å²) in [6.45, 7) is 1.86. The van der Waals surface area contributed by atoms with Crippen molar-refractivity contribution in [3.05, 3.63) is 69.4 Å². The predicted molar refractivity (Wildman–Crippen MR) is 79.4 cm³/mol. The summed E-state index contributed by atoms with van der Waals surface area (Å²) in [6.07, 6.45) is 0.278. The van der Waals surface area contributed by atoms with E-state index in [1.54, 1.807) is 18.2 Å². The van der Waals surface area contributed by atoms with Gasteiger partial charge in [-0.25, -0.2) is 4.39 Å². The number of rotatable bonds is 4. The zero-order chi connectivity index (χ0) is 14.7. The number of carboxylic acids is 1. The minimum Gasteiger partial charge on any atom is -0.481 e. The summed E-state index contributed by atoms with van der Waals surface area (Å²) in [5.74, 6) is -1.93. The molecule has 0 aliphatic carbocycles. The van der Waals surface area contributed by atoms with E-state index in [1.807, 2.05) is 19.1 Å². The first-order chi connectivity index (χ1) is 9.47. The maximum atomic E-state index is 13.3. The van der Waals surface area contributed by atoms with Crippen LogP contribution in [0, 0.1) is 12.7 Å². The van der Waals surface area contributed by atoms with Gasteiger partial charge < -0.3 is 5.11 Å². The summed E-state index contributed by atoms with van der Waals surface area (Å²) in [6, 6.07) is 11.6. The van der Waals surface area contributed by atoms with E-state index in [2.05, 4.69) is 15.9 Å². The van der Waals surface area contributed by atoms with Crippen LogP contribution >= 0.6 is 15.9 Å². The van der Waals surface area contributed by atoms with Crippen molar-refractivity contribution in [2.45, 2.75) is 19.3 Å². The predicted octanol–water partition coefficient (Wildman–Crippen LogP) is 4.31. The second kappa shape index (κ2) is 6.18. The molecule has 0 saturated heterocycles. The van der Waals surface area contributed by atoms with Crippen molar-refractivity contribution < 1.29 is 14.3 Å². The lowest BCUT2D eigenvalue weighted by Crippen LogP contribution is -2.15. The van der Waals surface area contributed by atoms with Gasteiger partial charge in [0.2, 0.25) is 0 Å². The SMILES string of the molecule is Cc1ccc(F)cc1CC(C(=O)O)c1ccc(Br)cc1. The second-order valence-electron chi connectivity index (χ2n) is 4.72. The Balaban J connectivity index is 2.32. The molecule has 0 bridgehead atoms. The summed E-state index contributed by atoms with van der Waals surface area (Å²) in [5.41, 5.74) is 2.33. The highest BCUT2D eigenvalue weighted by Gasteiger charge is 2.21. The molecule has 1 atom stereocenters. The topological polar surface area (TPSA) is 37.3 Å². The third kappa shape index (κ3) is 3.45. The summed E-state index contributed by atoms with van der Waals surface area (Å²) in [4.78, 5) is 11.5. The van der Waals surface area contributed by atoms with Crippen LogP contribution in [0.25, 0.3) is 0 Å². The molecular formula is C16H14BrFO2. The van der Waals surface area contributed by atoms with E-state index in [1.165, 1.54) is 12.1 Å². The minimum atomic E-state index is -0.906. The number of aliphatic carboxylic acids is 1. The third-order valence-corrected chi connectivity index (χ3v) is 3.83. The highest BCUT2D eigenvalue weighted by atomic mass is 79.9. The zero-order valence-electron chi connectivity index (χ0n) is 10.9.